The van der Waals surface area contributed by atoms with Crippen LogP contribution in [0, 0.1) is 11.3 Å². The molecule has 5 heteroatoms. The molecular formula is C32H27N3O2. The molecule has 0 aliphatic heterocycles. The summed E-state index contributed by atoms with van der Waals surface area (Å²) in [6.45, 7) is 0. The molecule has 0 saturated carbocycles. The lowest BCUT2D eigenvalue weighted by Gasteiger charge is -2.25. The minimum absolute atomic E-state index is 0.300. The molecule has 4 aromatic rings. The van der Waals surface area contributed by atoms with Crippen molar-refractivity contribution < 1.29 is 9.90 Å². The van der Waals surface area contributed by atoms with Crippen LogP contribution in [0.4, 0.5) is 22.7 Å². The topological polar surface area (TPSA) is 67.6 Å². The quantitative estimate of drug-likeness (QED) is 0.160. The highest BCUT2D eigenvalue weighted by Gasteiger charge is 2.12. The Morgan fingerprint density at radius 1 is 0.757 bits per heavy atom. The Morgan fingerprint density at radius 3 is 1.78 bits per heavy atom. The number of hydrogen-bond acceptors (Lipinski definition) is 4. The van der Waals surface area contributed by atoms with Gasteiger partial charge in [0.2, 0.25) is 0 Å². The number of rotatable bonds is 8. The van der Waals surface area contributed by atoms with Gasteiger partial charge in [0.1, 0.15) is 11.6 Å². The van der Waals surface area contributed by atoms with Crippen molar-refractivity contribution in [2.45, 2.75) is 0 Å². The summed E-state index contributed by atoms with van der Waals surface area (Å²) in [4.78, 5) is 15.4. The number of benzene rings is 4. The Balaban J connectivity index is 1.60. The summed E-state index contributed by atoms with van der Waals surface area (Å²) in [6, 6.07) is 36.4. The molecule has 4 rings (SSSR count). The van der Waals surface area contributed by atoms with Gasteiger partial charge in [-0.3, -0.25) is 0 Å². The van der Waals surface area contributed by atoms with Crippen LogP contribution in [0.3, 0.4) is 0 Å². The van der Waals surface area contributed by atoms with Crippen molar-refractivity contribution in [2.24, 2.45) is 0 Å². The Kier molecular flexibility index (Phi) is 7.82. The molecule has 0 atom stereocenters. The SMILES string of the molecule is CN(C)c1cc(/C=C/c2ccc(N(c3ccccc3)c3ccccc3)cc2)ccc1/C=C(/C#N)C(=O)O. The van der Waals surface area contributed by atoms with Gasteiger partial charge in [0.05, 0.1) is 0 Å². The lowest BCUT2D eigenvalue weighted by molar-refractivity contribution is -0.132. The van der Waals surface area contributed by atoms with E-state index in [4.69, 9.17) is 5.26 Å². The van der Waals surface area contributed by atoms with Crippen LogP contribution in [0.15, 0.2) is 109 Å². The van der Waals surface area contributed by atoms with Gasteiger partial charge in [-0.05, 0) is 65.2 Å². The molecule has 4 aromatic carbocycles. The lowest BCUT2D eigenvalue weighted by Crippen LogP contribution is -2.10. The van der Waals surface area contributed by atoms with Crippen molar-refractivity contribution in [1.82, 2.24) is 0 Å². The van der Waals surface area contributed by atoms with E-state index in [9.17, 15) is 9.90 Å². The Morgan fingerprint density at radius 2 is 1.27 bits per heavy atom. The lowest BCUT2D eigenvalue weighted by atomic mass is 10.0. The fraction of sp³-hybridized carbons (Fsp3) is 0.0625. The van der Waals surface area contributed by atoms with Gasteiger partial charge in [0.25, 0.3) is 0 Å². The number of anilines is 4. The molecule has 0 bridgehead atoms. The van der Waals surface area contributed by atoms with Gasteiger partial charge in [-0.25, -0.2) is 4.79 Å². The molecule has 37 heavy (non-hydrogen) atoms. The van der Waals surface area contributed by atoms with Crippen molar-refractivity contribution in [1.29, 1.82) is 5.26 Å². The minimum Gasteiger partial charge on any atom is -0.477 e. The summed E-state index contributed by atoms with van der Waals surface area (Å²) in [5, 5.41) is 18.3. The van der Waals surface area contributed by atoms with Gasteiger partial charge in [-0.2, -0.15) is 5.26 Å². The highest BCUT2D eigenvalue weighted by Crippen LogP contribution is 2.34. The van der Waals surface area contributed by atoms with E-state index < -0.39 is 5.97 Å². The van der Waals surface area contributed by atoms with Crippen molar-refractivity contribution in [3.05, 3.63) is 125 Å². The van der Waals surface area contributed by atoms with E-state index in [-0.39, 0.29) is 5.57 Å². The summed E-state index contributed by atoms with van der Waals surface area (Å²) in [5.41, 5.74) is 6.46. The standard InChI is InChI=1S/C32H27N3O2/c1-34(2)31-21-25(15-18-26(31)22-27(23-33)32(36)37)14-13-24-16-19-30(20-17-24)35(28-9-5-3-6-10-28)29-11-7-4-8-12-29/h3-22H,1-2H3,(H,36,37)/b14-13+,27-22-. The fourth-order valence-electron chi connectivity index (χ4n) is 4.00. The van der Waals surface area contributed by atoms with Gasteiger partial charge < -0.3 is 14.9 Å². The third-order valence-corrected chi connectivity index (χ3v) is 5.84. The predicted octanol–water partition coefficient (Wildman–Crippen LogP) is 7.38. The predicted molar refractivity (Wildman–Crippen MR) is 152 cm³/mol. The second kappa shape index (κ2) is 11.6. The first-order valence-electron chi connectivity index (χ1n) is 11.8. The first-order valence-corrected chi connectivity index (χ1v) is 11.8. The van der Waals surface area contributed by atoms with Crippen LogP contribution in [-0.2, 0) is 4.79 Å². The number of nitriles is 1. The number of carboxylic acids is 1. The molecule has 0 heterocycles. The molecule has 0 saturated heterocycles. The number of carbonyl (C=O) groups is 1. The molecule has 0 amide bonds. The molecule has 5 nitrogen and oxygen atoms in total. The summed E-state index contributed by atoms with van der Waals surface area (Å²) in [5.74, 6) is -1.24. The van der Waals surface area contributed by atoms with Gasteiger partial charge >= 0.3 is 5.97 Å². The molecule has 182 valence electrons. The third-order valence-electron chi connectivity index (χ3n) is 5.84. The maximum Gasteiger partial charge on any atom is 0.346 e. The van der Waals surface area contributed by atoms with E-state index >= 15 is 0 Å². The number of carboxylic acid groups (broad SMARTS) is 1. The van der Waals surface area contributed by atoms with Crippen molar-refractivity contribution in [3.8, 4) is 6.07 Å². The molecule has 0 spiro atoms. The van der Waals surface area contributed by atoms with Crippen LogP contribution < -0.4 is 9.80 Å². The second-order valence-corrected chi connectivity index (χ2v) is 8.62. The molecule has 0 radical (unpaired) electrons. The summed E-state index contributed by atoms with van der Waals surface area (Å²) in [7, 11) is 3.77. The van der Waals surface area contributed by atoms with E-state index in [0.717, 1.165) is 33.9 Å². The number of para-hydroxylation sites is 2. The zero-order valence-corrected chi connectivity index (χ0v) is 20.7. The zero-order valence-electron chi connectivity index (χ0n) is 20.7. The van der Waals surface area contributed by atoms with Gasteiger partial charge in [-0.15, -0.1) is 0 Å². The monoisotopic (exact) mass is 485 g/mol. The smallest absolute Gasteiger partial charge is 0.346 e. The number of hydrogen-bond donors (Lipinski definition) is 1. The average molecular weight is 486 g/mol. The van der Waals surface area contributed by atoms with Crippen LogP contribution in [0.1, 0.15) is 16.7 Å². The van der Waals surface area contributed by atoms with Crippen LogP contribution in [0.25, 0.3) is 18.2 Å². The Bertz CT molecular complexity index is 1430. The van der Waals surface area contributed by atoms with E-state index in [1.54, 1.807) is 6.07 Å². The normalized spacial score (nSPS) is 11.2. The Labute approximate surface area is 217 Å². The summed E-state index contributed by atoms with van der Waals surface area (Å²) < 4.78 is 0. The summed E-state index contributed by atoms with van der Waals surface area (Å²) >= 11 is 0. The first-order chi connectivity index (χ1) is 18.0. The largest absolute Gasteiger partial charge is 0.477 e. The van der Waals surface area contributed by atoms with Gasteiger partial charge in [0.15, 0.2) is 0 Å². The van der Waals surface area contributed by atoms with E-state index in [1.807, 2.05) is 85.7 Å². The molecular weight excluding hydrogens is 458 g/mol. The number of nitrogens with zero attached hydrogens (tertiary/aromatic N) is 3. The van der Waals surface area contributed by atoms with Crippen LogP contribution in [-0.4, -0.2) is 25.2 Å². The molecule has 0 unspecified atom stereocenters. The highest BCUT2D eigenvalue weighted by atomic mass is 16.4. The van der Waals surface area contributed by atoms with Crippen LogP contribution >= 0.6 is 0 Å². The molecule has 0 aliphatic rings. The van der Waals surface area contributed by atoms with Crippen molar-refractivity contribution >= 4 is 46.9 Å². The highest BCUT2D eigenvalue weighted by molar-refractivity contribution is 5.97. The van der Waals surface area contributed by atoms with Crippen LogP contribution in [0.5, 0.6) is 0 Å². The van der Waals surface area contributed by atoms with Gasteiger partial charge in [0, 0.05) is 36.8 Å². The van der Waals surface area contributed by atoms with Crippen molar-refractivity contribution in [2.75, 3.05) is 23.9 Å². The average Bonchev–Trinajstić information content (AvgIpc) is 2.92. The molecule has 0 aromatic heterocycles. The zero-order chi connectivity index (χ0) is 26.2. The first kappa shape index (κ1) is 25.0. The summed E-state index contributed by atoms with van der Waals surface area (Å²) in [6.07, 6.45) is 5.46. The van der Waals surface area contributed by atoms with E-state index in [1.165, 1.54) is 6.08 Å². The van der Waals surface area contributed by atoms with Crippen molar-refractivity contribution in [3.63, 3.8) is 0 Å². The third kappa shape index (κ3) is 6.14. The molecule has 1 N–H and O–H groups in total. The Hall–Kier alpha value is -5.08. The van der Waals surface area contributed by atoms with Gasteiger partial charge in [-0.1, -0.05) is 72.8 Å². The maximum absolute atomic E-state index is 11.3. The maximum atomic E-state index is 11.3. The van der Waals surface area contributed by atoms with Crippen LogP contribution in [0.2, 0.25) is 0 Å². The molecule has 0 aliphatic carbocycles. The fourth-order valence-corrected chi connectivity index (χ4v) is 4.00. The minimum atomic E-state index is -1.24. The van der Waals surface area contributed by atoms with E-state index in [2.05, 4.69) is 53.4 Å². The molecule has 0 fully saturated rings. The van der Waals surface area contributed by atoms with E-state index in [0.29, 0.717) is 5.56 Å². The number of aliphatic carboxylic acids is 1. The second-order valence-electron chi connectivity index (χ2n) is 8.62.